The lowest BCUT2D eigenvalue weighted by Gasteiger charge is -2.47. The number of ether oxygens (including phenoxy) is 1. The summed E-state index contributed by atoms with van der Waals surface area (Å²) in [6.45, 7) is 9.03. The second kappa shape index (κ2) is 5.47. The van der Waals surface area contributed by atoms with Crippen LogP contribution in [0.25, 0.3) is 0 Å². The maximum absolute atomic E-state index is 12.0. The average Bonchev–Trinajstić information content (AvgIpc) is 2.85. The highest BCUT2D eigenvalue weighted by atomic mass is 16.5. The minimum Gasteiger partial charge on any atom is -0.492 e. The molecule has 1 aliphatic heterocycles. The van der Waals surface area contributed by atoms with Crippen molar-refractivity contribution >= 4 is 12.6 Å². The van der Waals surface area contributed by atoms with Gasteiger partial charge in [-0.05, 0) is 35.8 Å². The molecule has 2 atom stereocenters. The first-order chi connectivity index (χ1) is 10.9. The molecule has 1 unspecified atom stereocenters. The molecule has 23 heavy (non-hydrogen) atoms. The summed E-state index contributed by atoms with van der Waals surface area (Å²) in [7, 11) is 0. The minimum atomic E-state index is -0.347. The van der Waals surface area contributed by atoms with Crippen LogP contribution in [0.15, 0.2) is 12.1 Å². The standard InChI is InChI=1S/C20H26O3/c1-13(2)14-6-7-16-18(15(14)10-21)20(12-23-16)9-5-8-19(3,4)17(20)11-22/h6-7,10-11,13,17H,5,8-9,12H2,1-4H3/t17?,20-/m1/s1. The van der Waals surface area contributed by atoms with Gasteiger partial charge in [-0.25, -0.2) is 0 Å². The van der Waals surface area contributed by atoms with E-state index in [1.165, 1.54) is 0 Å². The molecule has 0 radical (unpaired) electrons. The van der Waals surface area contributed by atoms with Crippen LogP contribution >= 0.6 is 0 Å². The Kier molecular flexibility index (Phi) is 3.86. The normalized spacial score (nSPS) is 28.5. The van der Waals surface area contributed by atoms with Crippen molar-refractivity contribution in [1.29, 1.82) is 0 Å². The van der Waals surface area contributed by atoms with Gasteiger partial charge in [0.1, 0.15) is 12.0 Å². The van der Waals surface area contributed by atoms with Gasteiger partial charge in [-0.1, -0.05) is 40.2 Å². The molecule has 1 saturated carbocycles. The maximum atomic E-state index is 12.0. The van der Waals surface area contributed by atoms with Gasteiger partial charge in [-0.15, -0.1) is 0 Å². The molecule has 1 heterocycles. The minimum absolute atomic E-state index is 0.0705. The zero-order valence-electron chi connectivity index (χ0n) is 14.5. The third kappa shape index (κ3) is 2.24. The van der Waals surface area contributed by atoms with E-state index in [2.05, 4.69) is 27.7 Å². The maximum Gasteiger partial charge on any atom is 0.150 e. The van der Waals surface area contributed by atoms with Crippen molar-refractivity contribution in [3.8, 4) is 5.75 Å². The van der Waals surface area contributed by atoms with E-state index in [4.69, 9.17) is 4.74 Å². The number of benzene rings is 1. The number of carbonyl (C=O) groups is 2. The van der Waals surface area contributed by atoms with Crippen LogP contribution in [0.1, 0.15) is 74.4 Å². The molecular weight excluding hydrogens is 288 g/mol. The molecule has 0 bridgehead atoms. The summed E-state index contributed by atoms with van der Waals surface area (Å²) in [6.07, 6.45) is 5.08. The number of hydrogen-bond donors (Lipinski definition) is 0. The highest BCUT2D eigenvalue weighted by Crippen LogP contribution is 2.57. The van der Waals surface area contributed by atoms with Crippen LogP contribution < -0.4 is 4.74 Å². The third-order valence-corrected chi connectivity index (χ3v) is 5.98. The highest BCUT2D eigenvalue weighted by molar-refractivity contribution is 5.84. The smallest absolute Gasteiger partial charge is 0.150 e. The molecule has 1 aromatic rings. The zero-order chi connectivity index (χ0) is 16.8. The van der Waals surface area contributed by atoms with Gasteiger partial charge in [0, 0.05) is 22.5 Å². The molecule has 3 rings (SSSR count). The predicted molar refractivity (Wildman–Crippen MR) is 90.3 cm³/mol. The Hall–Kier alpha value is -1.64. The predicted octanol–water partition coefficient (Wildman–Crippen LogP) is 4.28. The van der Waals surface area contributed by atoms with E-state index in [1.807, 2.05) is 12.1 Å². The van der Waals surface area contributed by atoms with E-state index in [0.29, 0.717) is 6.61 Å². The van der Waals surface area contributed by atoms with E-state index in [9.17, 15) is 9.59 Å². The van der Waals surface area contributed by atoms with E-state index in [1.54, 1.807) is 0 Å². The summed E-state index contributed by atoms with van der Waals surface area (Å²) >= 11 is 0. The summed E-state index contributed by atoms with van der Waals surface area (Å²) in [4.78, 5) is 24.0. The number of fused-ring (bicyclic) bond motifs is 2. The van der Waals surface area contributed by atoms with Crippen molar-refractivity contribution < 1.29 is 14.3 Å². The quantitative estimate of drug-likeness (QED) is 0.782. The number of aldehydes is 2. The molecular formula is C20H26O3. The van der Waals surface area contributed by atoms with Crippen LogP contribution in [0.5, 0.6) is 5.75 Å². The summed E-state index contributed by atoms with van der Waals surface area (Å²) < 4.78 is 5.98. The first kappa shape index (κ1) is 16.2. The van der Waals surface area contributed by atoms with Crippen molar-refractivity contribution in [2.45, 2.75) is 58.3 Å². The van der Waals surface area contributed by atoms with Crippen LogP contribution in [0.4, 0.5) is 0 Å². The lowest BCUT2D eigenvalue weighted by atomic mass is 9.54. The Labute approximate surface area is 138 Å². The van der Waals surface area contributed by atoms with Crippen LogP contribution in [-0.4, -0.2) is 19.2 Å². The fourth-order valence-corrected chi connectivity index (χ4v) is 4.83. The van der Waals surface area contributed by atoms with E-state index < -0.39 is 0 Å². The molecule has 1 aromatic carbocycles. The molecule has 3 nitrogen and oxygen atoms in total. The fourth-order valence-electron chi connectivity index (χ4n) is 4.83. The van der Waals surface area contributed by atoms with Crippen molar-refractivity contribution in [3.05, 3.63) is 28.8 Å². The van der Waals surface area contributed by atoms with Gasteiger partial charge in [-0.2, -0.15) is 0 Å². The molecule has 3 heteroatoms. The van der Waals surface area contributed by atoms with Gasteiger partial charge in [0.2, 0.25) is 0 Å². The summed E-state index contributed by atoms with van der Waals surface area (Å²) in [5, 5.41) is 0. The number of carbonyl (C=O) groups excluding carboxylic acids is 2. The van der Waals surface area contributed by atoms with Crippen molar-refractivity contribution in [3.63, 3.8) is 0 Å². The van der Waals surface area contributed by atoms with Gasteiger partial charge in [-0.3, -0.25) is 4.79 Å². The van der Waals surface area contributed by atoms with Gasteiger partial charge in [0.25, 0.3) is 0 Å². The van der Waals surface area contributed by atoms with Crippen molar-refractivity contribution in [1.82, 2.24) is 0 Å². The Bertz CT molecular complexity index is 641. The van der Waals surface area contributed by atoms with Crippen LogP contribution in [0.3, 0.4) is 0 Å². The van der Waals surface area contributed by atoms with E-state index in [0.717, 1.165) is 54.3 Å². The Morgan fingerprint density at radius 2 is 1.96 bits per heavy atom. The largest absolute Gasteiger partial charge is 0.492 e. The van der Waals surface area contributed by atoms with Gasteiger partial charge in [0.15, 0.2) is 6.29 Å². The molecule has 124 valence electrons. The Morgan fingerprint density at radius 1 is 1.22 bits per heavy atom. The molecule has 1 spiro atoms. The molecule has 1 fully saturated rings. The fraction of sp³-hybridized carbons (Fsp3) is 0.600. The zero-order valence-corrected chi connectivity index (χ0v) is 14.5. The summed E-state index contributed by atoms with van der Waals surface area (Å²) in [5.41, 5.74) is 2.37. The second-order valence-corrected chi connectivity index (χ2v) is 8.11. The van der Waals surface area contributed by atoms with Gasteiger partial charge in [0.05, 0.1) is 6.61 Å². The number of hydrogen-bond acceptors (Lipinski definition) is 3. The van der Waals surface area contributed by atoms with E-state index >= 15 is 0 Å². The average molecular weight is 314 g/mol. The Balaban J connectivity index is 2.25. The summed E-state index contributed by atoms with van der Waals surface area (Å²) in [5.74, 6) is 0.941. The Morgan fingerprint density at radius 3 is 2.57 bits per heavy atom. The van der Waals surface area contributed by atoms with Crippen molar-refractivity contribution in [2.75, 3.05) is 6.61 Å². The van der Waals surface area contributed by atoms with Crippen LogP contribution in [-0.2, 0) is 10.2 Å². The monoisotopic (exact) mass is 314 g/mol. The summed E-state index contributed by atoms with van der Waals surface area (Å²) in [6, 6.07) is 3.98. The highest BCUT2D eigenvalue weighted by Gasteiger charge is 2.55. The third-order valence-electron chi connectivity index (χ3n) is 5.98. The number of rotatable bonds is 3. The molecule has 0 N–H and O–H groups in total. The molecule has 0 saturated heterocycles. The molecule has 1 aliphatic carbocycles. The molecule has 2 aliphatic rings. The lowest BCUT2D eigenvalue weighted by Crippen LogP contribution is -2.49. The first-order valence-corrected chi connectivity index (χ1v) is 8.58. The van der Waals surface area contributed by atoms with Crippen molar-refractivity contribution in [2.24, 2.45) is 11.3 Å². The molecule has 0 aromatic heterocycles. The second-order valence-electron chi connectivity index (χ2n) is 8.11. The van der Waals surface area contributed by atoms with E-state index in [-0.39, 0.29) is 22.7 Å². The first-order valence-electron chi connectivity index (χ1n) is 8.58. The molecule has 0 amide bonds. The van der Waals surface area contributed by atoms with Crippen LogP contribution in [0.2, 0.25) is 0 Å². The van der Waals surface area contributed by atoms with Gasteiger partial charge >= 0.3 is 0 Å². The lowest BCUT2D eigenvalue weighted by molar-refractivity contribution is -0.120. The SMILES string of the molecule is CC(C)c1ccc2c(c1C=O)[C@]1(CCCC(C)(C)C1C=O)CO2. The topological polar surface area (TPSA) is 43.4 Å². The van der Waals surface area contributed by atoms with Gasteiger partial charge < -0.3 is 9.53 Å². The van der Waals surface area contributed by atoms with Crippen LogP contribution in [0, 0.1) is 11.3 Å².